The van der Waals surface area contributed by atoms with E-state index in [9.17, 15) is 4.79 Å². The summed E-state index contributed by atoms with van der Waals surface area (Å²) in [5.74, 6) is -0.883. The van der Waals surface area contributed by atoms with Gasteiger partial charge in [-0.1, -0.05) is 0 Å². The SMILES string of the molecule is COCC(NC1CCOC1C)C(=O)O. The molecule has 0 spiro atoms. The van der Waals surface area contributed by atoms with E-state index >= 15 is 0 Å². The molecule has 1 fully saturated rings. The highest BCUT2D eigenvalue weighted by atomic mass is 16.5. The van der Waals surface area contributed by atoms with Crippen LogP contribution >= 0.6 is 0 Å². The van der Waals surface area contributed by atoms with E-state index in [-0.39, 0.29) is 18.8 Å². The van der Waals surface area contributed by atoms with E-state index in [1.807, 2.05) is 6.92 Å². The fourth-order valence-corrected chi connectivity index (χ4v) is 1.57. The average molecular weight is 203 g/mol. The Bertz CT molecular complexity index is 197. The van der Waals surface area contributed by atoms with Gasteiger partial charge >= 0.3 is 5.97 Å². The highest BCUT2D eigenvalue weighted by Gasteiger charge is 2.28. The third-order valence-electron chi connectivity index (χ3n) is 2.42. The topological polar surface area (TPSA) is 67.8 Å². The predicted octanol–water partition coefficient (Wildman–Crippen LogP) is -0.147. The van der Waals surface area contributed by atoms with Gasteiger partial charge in [0.05, 0.1) is 12.7 Å². The standard InChI is InChI=1S/C9H17NO4/c1-6-7(3-4-14-6)10-8(5-13-2)9(11)12/h6-8,10H,3-5H2,1-2H3,(H,11,12). The van der Waals surface area contributed by atoms with Gasteiger partial charge in [0, 0.05) is 19.8 Å². The van der Waals surface area contributed by atoms with Crippen LogP contribution in [-0.2, 0) is 14.3 Å². The lowest BCUT2D eigenvalue weighted by molar-refractivity contribution is -0.141. The first kappa shape index (κ1) is 11.4. The fourth-order valence-electron chi connectivity index (χ4n) is 1.57. The van der Waals surface area contributed by atoms with Crippen molar-refractivity contribution in [3.05, 3.63) is 0 Å². The molecule has 2 N–H and O–H groups in total. The minimum absolute atomic E-state index is 0.0775. The van der Waals surface area contributed by atoms with Crippen molar-refractivity contribution in [3.8, 4) is 0 Å². The van der Waals surface area contributed by atoms with E-state index in [0.29, 0.717) is 6.61 Å². The average Bonchev–Trinajstić information content (AvgIpc) is 2.51. The molecule has 1 aliphatic rings. The molecular formula is C9H17NO4. The molecule has 1 rings (SSSR count). The number of rotatable bonds is 5. The summed E-state index contributed by atoms with van der Waals surface area (Å²) in [5.41, 5.74) is 0. The smallest absolute Gasteiger partial charge is 0.323 e. The largest absolute Gasteiger partial charge is 0.480 e. The summed E-state index contributed by atoms with van der Waals surface area (Å²) < 4.78 is 10.2. The second kappa shape index (κ2) is 5.29. The monoisotopic (exact) mass is 203 g/mol. The first-order chi connectivity index (χ1) is 6.65. The number of ether oxygens (including phenoxy) is 2. The Morgan fingerprint density at radius 2 is 2.50 bits per heavy atom. The Kier molecular flexibility index (Phi) is 4.31. The summed E-state index contributed by atoms with van der Waals surface area (Å²) in [6, 6.07) is -0.527. The molecule has 1 aliphatic heterocycles. The van der Waals surface area contributed by atoms with Gasteiger partial charge in [-0.15, -0.1) is 0 Å². The summed E-state index contributed by atoms with van der Waals surface area (Å²) in [4.78, 5) is 10.8. The van der Waals surface area contributed by atoms with Crippen molar-refractivity contribution in [2.75, 3.05) is 20.3 Å². The van der Waals surface area contributed by atoms with Crippen LogP contribution in [0.2, 0.25) is 0 Å². The summed E-state index contributed by atoms with van der Waals surface area (Å²) in [6.07, 6.45) is 0.933. The molecule has 0 radical (unpaired) electrons. The van der Waals surface area contributed by atoms with Gasteiger partial charge in [0.15, 0.2) is 0 Å². The quantitative estimate of drug-likeness (QED) is 0.650. The molecule has 0 saturated carbocycles. The van der Waals surface area contributed by atoms with Crippen LogP contribution in [0.3, 0.4) is 0 Å². The lowest BCUT2D eigenvalue weighted by Crippen LogP contribution is -2.48. The number of carboxylic acids is 1. The number of aliphatic carboxylic acids is 1. The Labute approximate surface area is 83.4 Å². The van der Waals surface area contributed by atoms with E-state index < -0.39 is 12.0 Å². The molecule has 5 heteroatoms. The van der Waals surface area contributed by atoms with Crippen LogP contribution in [0.1, 0.15) is 13.3 Å². The Morgan fingerprint density at radius 1 is 1.79 bits per heavy atom. The first-order valence-electron chi connectivity index (χ1n) is 4.74. The van der Waals surface area contributed by atoms with Crippen LogP contribution in [0.4, 0.5) is 0 Å². The zero-order valence-electron chi connectivity index (χ0n) is 8.53. The van der Waals surface area contributed by atoms with Crippen LogP contribution in [0.5, 0.6) is 0 Å². The van der Waals surface area contributed by atoms with Crippen LogP contribution < -0.4 is 5.32 Å². The number of hydrogen-bond acceptors (Lipinski definition) is 4. The maximum absolute atomic E-state index is 10.8. The van der Waals surface area contributed by atoms with Gasteiger partial charge in [-0.2, -0.15) is 0 Å². The maximum Gasteiger partial charge on any atom is 0.323 e. The Morgan fingerprint density at radius 3 is 2.93 bits per heavy atom. The molecule has 0 aromatic rings. The van der Waals surface area contributed by atoms with Crippen LogP contribution in [0, 0.1) is 0 Å². The Balaban J connectivity index is 2.41. The fraction of sp³-hybridized carbons (Fsp3) is 0.889. The third kappa shape index (κ3) is 2.94. The van der Waals surface area contributed by atoms with Crippen molar-refractivity contribution in [2.45, 2.75) is 31.5 Å². The van der Waals surface area contributed by atoms with E-state index in [2.05, 4.69) is 5.32 Å². The van der Waals surface area contributed by atoms with Gasteiger partial charge in [-0.05, 0) is 13.3 Å². The van der Waals surface area contributed by atoms with Crippen molar-refractivity contribution in [1.29, 1.82) is 0 Å². The molecule has 82 valence electrons. The van der Waals surface area contributed by atoms with Crippen molar-refractivity contribution < 1.29 is 19.4 Å². The van der Waals surface area contributed by atoms with Gasteiger partial charge in [0.25, 0.3) is 0 Å². The minimum atomic E-state index is -0.883. The summed E-state index contributed by atoms with van der Waals surface area (Å²) in [5, 5.41) is 11.9. The lowest BCUT2D eigenvalue weighted by atomic mass is 10.1. The van der Waals surface area contributed by atoms with Gasteiger partial charge in [-0.3, -0.25) is 10.1 Å². The molecule has 1 saturated heterocycles. The summed E-state index contributed by atoms with van der Waals surface area (Å²) in [7, 11) is 1.49. The van der Waals surface area contributed by atoms with Crippen LogP contribution in [0.15, 0.2) is 0 Å². The zero-order valence-corrected chi connectivity index (χ0v) is 8.53. The molecule has 3 unspecified atom stereocenters. The summed E-state index contributed by atoms with van der Waals surface area (Å²) in [6.45, 7) is 2.81. The van der Waals surface area contributed by atoms with Crippen molar-refractivity contribution in [1.82, 2.24) is 5.32 Å². The van der Waals surface area contributed by atoms with E-state index in [1.165, 1.54) is 7.11 Å². The van der Waals surface area contributed by atoms with Gasteiger partial charge < -0.3 is 14.6 Å². The van der Waals surface area contributed by atoms with E-state index in [0.717, 1.165) is 6.42 Å². The Hall–Kier alpha value is -0.650. The highest BCUT2D eigenvalue weighted by Crippen LogP contribution is 2.13. The molecule has 0 aromatic carbocycles. The molecule has 14 heavy (non-hydrogen) atoms. The number of methoxy groups -OCH3 is 1. The number of carbonyl (C=O) groups is 1. The van der Waals surface area contributed by atoms with Crippen molar-refractivity contribution in [3.63, 3.8) is 0 Å². The summed E-state index contributed by atoms with van der Waals surface area (Å²) >= 11 is 0. The van der Waals surface area contributed by atoms with Crippen molar-refractivity contribution >= 4 is 5.97 Å². The normalized spacial score (nSPS) is 29.0. The molecule has 5 nitrogen and oxygen atoms in total. The van der Waals surface area contributed by atoms with Crippen LogP contribution in [-0.4, -0.2) is 49.6 Å². The van der Waals surface area contributed by atoms with Gasteiger partial charge in [-0.25, -0.2) is 0 Å². The molecule has 0 aliphatic carbocycles. The number of nitrogens with one attached hydrogen (secondary N) is 1. The maximum atomic E-state index is 10.8. The second-order valence-corrected chi connectivity index (χ2v) is 3.48. The molecule has 0 aromatic heterocycles. The van der Waals surface area contributed by atoms with Gasteiger partial charge in [0.2, 0.25) is 0 Å². The zero-order chi connectivity index (χ0) is 10.6. The minimum Gasteiger partial charge on any atom is -0.480 e. The number of carboxylic acid groups (broad SMARTS) is 1. The van der Waals surface area contributed by atoms with Gasteiger partial charge in [0.1, 0.15) is 6.04 Å². The second-order valence-electron chi connectivity index (χ2n) is 3.48. The number of hydrogen-bond donors (Lipinski definition) is 2. The van der Waals surface area contributed by atoms with Crippen molar-refractivity contribution in [2.24, 2.45) is 0 Å². The van der Waals surface area contributed by atoms with E-state index in [4.69, 9.17) is 14.6 Å². The molecule has 0 bridgehead atoms. The van der Waals surface area contributed by atoms with E-state index in [1.54, 1.807) is 0 Å². The third-order valence-corrected chi connectivity index (χ3v) is 2.42. The molecule has 1 heterocycles. The molecule has 0 amide bonds. The molecular weight excluding hydrogens is 186 g/mol. The lowest BCUT2D eigenvalue weighted by Gasteiger charge is -2.21. The predicted molar refractivity (Wildman–Crippen MR) is 50.3 cm³/mol. The van der Waals surface area contributed by atoms with Crippen LogP contribution in [0.25, 0.3) is 0 Å². The highest BCUT2D eigenvalue weighted by molar-refractivity contribution is 5.73. The molecule has 3 atom stereocenters. The first-order valence-corrected chi connectivity index (χ1v) is 4.74.